The molecule has 0 aliphatic carbocycles. The highest BCUT2D eigenvalue weighted by Gasteiger charge is 2.07. The van der Waals surface area contributed by atoms with Crippen molar-refractivity contribution in [2.75, 3.05) is 7.05 Å². The minimum absolute atomic E-state index is 0.819. The van der Waals surface area contributed by atoms with Crippen molar-refractivity contribution < 1.29 is 0 Å². The summed E-state index contributed by atoms with van der Waals surface area (Å²) in [7, 11) is 2.11. The third-order valence-corrected chi connectivity index (χ3v) is 3.72. The first-order valence-corrected chi connectivity index (χ1v) is 7.16. The predicted octanol–water partition coefficient (Wildman–Crippen LogP) is 3.21. The van der Waals surface area contributed by atoms with Crippen LogP contribution in [0.25, 0.3) is 10.9 Å². The van der Waals surface area contributed by atoms with Crippen LogP contribution in [0, 0.1) is 13.8 Å². The van der Waals surface area contributed by atoms with Gasteiger partial charge in [-0.1, -0.05) is 12.1 Å². The summed E-state index contributed by atoms with van der Waals surface area (Å²) in [6.07, 6.45) is 1.83. The standard InChI is InChI=1S/C17H20N4/c1-12-13(2)20-17(19-12)11-21(3)10-14-6-7-16-15(9-14)5-4-8-18-16/h4-9H,10-11H2,1-3H3,(H,19,20). The van der Waals surface area contributed by atoms with Gasteiger partial charge < -0.3 is 4.98 Å². The number of fused-ring (bicyclic) bond motifs is 1. The second-order valence-corrected chi connectivity index (χ2v) is 5.60. The molecule has 4 nitrogen and oxygen atoms in total. The molecule has 3 rings (SSSR count). The highest BCUT2D eigenvalue weighted by molar-refractivity contribution is 5.78. The number of benzene rings is 1. The Hall–Kier alpha value is -2.20. The minimum Gasteiger partial charge on any atom is -0.345 e. The molecule has 2 aromatic heterocycles. The quantitative estimate of drug-likeness (QED) is 0.798. The molecule has 0 saturated carbocycles. The van der Waals surface area contributed by atoms with Gasteiger partial charge in [-0.15, -0.1) is 0 Å². The number of imidazole rings is 1. The van der Waals surface area contributed by atoms with E-state index in [2.05, 4.69) is 58.1 Å². The summed E-state index contributed by atoms with van der Waals surface area (Å²) >= 11 is 0. The molecule has 0 fully saturated rings. The third-order valence-electron chi connectivity index (χ3n) is 3.72. The number of H-pyrrole nitrogens is 1. The predicted molar refractivity (Wildman–Crippen MR) is 85.0 cm³/mol. The Balaban J connectivity index is 1.72. The Labute approximate surface area is 124 Å². The average Bonchev–Trinajstić information content (AvgIpc) is 2.77. The van der Waals surface area contributed by atoms with Crippen LogP contribution < -0.4 is 0 Å². The molecule has 0 atom stereocenters. The number of nitrogens with one attached hydrogen (secondary N) is 1. The molecule has 21 heavy (non-hydrogen) atoms. The van der Waals surface area contributed by atoms with Crippen LogP contribution in [0.3, 0.4) is 0 Å². The van der Waals surface area contributed by atoms with E-state index in [4.69, 9.17) is 0 Å². The van der Waals surface area contributed by atoms with Crippen molar-refractivity contribution in [2.45, 2.75) is 26.9 Å². The molecule has 1 aromatic carbocycles. The first-order valence-electron chi connectivity index (χ1n) is 7.16. The maximum Gasteiger partial charge on any atom is 0.120 e. The lowest BCUT2D eigenvalue weighted by molar-refractivity contribution is 0.311. The molecule has 0 amide bonds. The van der Waals surface area contributed by atoms with Gasteiger partial charge in [0.05, 0.1) is 17.8 Å². The molecule has 108 valence electrons. The Morgan fingerprint density at radius 3 is 2.76 bits per heavy atom. The van der Waals surface area contributed by atoms with Gasteiger partial charge in [-0.2, -0.15) is 0 Å². The van der Waals surface area contributed by atoms with Crippen LogP contribution in [-0.2, 0) is 13.1 Å². The number of pyridine rings is 1. The third kappa shape index (κ3) is 3.11. The lowest BCUT2D eigenvalue weighted by Crippen LogP contribution is -2.18. The molecule has 0 unspecified atom stereocenters. The van der Waals surface area contributed by atoms with Crippen molar-refractivity contribution in [2.24, 2.45) is 0 Å². The van der Waals surface area contributed by atoms with E-state index in [1.807, 2.05) is 19.2 Å². The molecule has 0 radical (unpaired) electrons. The average molecular weight is 280 g/mol. The van der Waals surface area contributed by atoms with Gasteiger partial charge in [-0.3, -0.25) is 9.88 Å². The molecule has 0 bridgehead atoms. The summed E-state index contributed by atoms with van der Waals surface area (Å²) in [5.74, 6) is 1.02. The molecule has 0 spiro atoms. The lowest BCUT2D eigenvalue weighted by atomic mass is 10.1. The molecule has 1 N–H and O–H groups in total. The van der Waals surface area contributed by atoms with Gasteiger partial charge in [0.25, 0.3) is 0 Å². The molecule has 0 aliphatic rings. The van der Waals surface area contributed by atoms with Crippen LogP contribution in [0.2, 0.25) is 0 Å². The lowest BCUT2D eigenvalue weighted by Gasteiger charge is -2.15. The fraction of sp³-hybridized carbons (Fsp3) is 0.294. The van der Waals surface area contributed by atoms with E-state index in [0.29, 0.717) is 0 Å². The minimum atomic E-state index is 0.819. The zero-order valence-corrected chi connectivity index (χ0v) is 12.7. The summed E-state index contributed by atoms with van der Waals surface area (Å²) in [5.41, 5.74) is 4.56. The largest absolute Gasteiger partial charge is 0.345 e. The highest BCUT2D eigenvalue weighted by Crippen LogP contribution is 2.15. The first kappa shape index (κ1) is 13.8. The zero-order valence-electron chi connectivity index (χ0n) is 12.7. The number of nitrogens with zero attached hydrogens (tertiary/aromatic N) is 3. The number of aromatic amines is 1. The maximum absolute atomic E-state index is 4.53. The van der Waals surface area contributed by atoms with Crippen molar-refractivity contribution in [1.29, 1.82) is 0 Å². The van der Waals surface area contributed by atoms with Crippen molar-refractivity contribution in [1.82, 2.24) is 19.9 Å². The summed E-state index contributed by atoms with van der Waals surface area (Å²) in [6, 6.07) is 10.5. The summed E-state index contributed by atoms with van der Waals surface area (Å²) in [4.78, 5) is 14.5. The van der Waals surface area contributed by atoms with Crippen LogP contribution in [0.4, 0.5) is 0 Å². The fourth-order valence-electron chi connectivity index (χ4n) is 2.54. The van der Waals surface area contributed by atoms with Gasteiger partial charge in [0, 0.05) is 23.8 Å². The van der Waals surface area contributed by atoms with Crippen LogP contribution >= 0.6 is 0 Å². The van der Waals surface area contributed by atoms with E-state index in [1.54, 1.807) is 0 Å². The van der Waals surface area contributed by atoms with Crippen LogP contribution in [0.1, 0.15) is 22.8 Å². The van der Waals surface area contributed by atoms with Gasteiger partial charge in [0.15, 0.2) is 0 Å². The maximum atomic E-state index is 4.53. The summed E-state index contributed by atoms with van der Waals surface area (Å²) in [5, 5.41) is 1.19. The van der Waals surface area contributed by atoms with E-state index in [-0.39, 0.29) is 0 Å². The van der Waals surface area contributed by atoms with E-state index in [0.717, 1.165) is 35.8 Å². The molecular weight excluding hydrogens is 260 g/mol. The smallest absolute Gasteiger partial charge is 0.120 e. The first-order chi connectivity index (χ1) is 10.1. The van der Waals surface area contributed by atoms with E-state index in [9.17, 15) is 0 Å². The normalized spacial score (nSPS) is 11.4. The molecule has 0 saturated heterocycles. The van der Waals surface area contributed by atoms with Crippen molar-refractivity contribution >= 4 is 10.9 Å². The van der Waals surface area contributed by atoms with Crippen LogP contribution in [-0.4, -0.2) is 26.9 Å². The molecule has 2 heterocycles. The Kier molecular flexibility index (Phi) is 3.71. The molecule has 3 aromatic rings. The van der Waals surface area contributed by atoms with Gasteiger partial charge >= 0.3 is 0 Å². The van der Waals surface area contributed by atoms with Gasteiger partial charge in [-0.05, 0) is 44.7 Å². The Bertz CT molecular complexity index is 741. The van der Waals surface area contributed by atoms with E-state index in [1.165, 1.54) is 10.9 Å². The number of aromatic nitrogens is 3. The van der Waals surface area contributed by atoms with Crippen LogP contribution in [0.15, 0.2) is 36.5 Å². The van der Waals surface area contributed by atoms with Crippen molar-refractivity contribution in [3.8, 4) is 0 Å². The highest BCUT2D eigenvalue weighted by atomic mass is 15.1. The number of hydrogen-bond donors (Lipinski definition) is 1. The number of hydrogen-bond acceptors (Lipinski definition) is 3. The van der Waals surface area contributed by atoms with Gasteiger partial charge in [-0.25, -0.2) is 4.98 Å². The molecular formula is C17H20N4. The zero-order chi connectivity index (χ0) is 14.8. The fourth-order valence-corrected chi connectivity index (χ4v) is 2.54. The second kappa shape index (κ2) is 5.66. The Morgan fingerprint density at radius 1 is 1.14 bits per heavy atom. The van der Waals surface area contributed by atoms with Gasteiger partial charge in [0.1, 0.15) is 5.82 Å². The topological polar surface area (TPSA) is 44.8 Å². The molecule has 4 heteroatoms. The number of aryl methyl sites for hydroxylation is 2. The number of rotatable bonds is 4. The van der Waals surface area contributed by atoms with Crippen molar-refractivity contribution in [3.63, 3.8) is 0 Å². The summed E-state index contributed by atoms with van der Waals surface area (Å²) < 4.78 is 0. The Morgan fingerprint density at radius 2 is 2.00 bits per heavy atom. The van der Waals surface area contributed by atoms with E-state index < -0.39 is 0 Å². The summed E-state index contributed by atoms with van der Waals surface area (Å²) in [6.45, 7) is 5.80. The van der Waals surface area contributed by atoms with E-state index >= 15 is 0 Å². The van der Waals surface area contributed by atoms with Gasteiger partial charge in [0.2, 0.25) is 0 Å². The van der Waals surface area contributed by atoms with Crippen molar-refractivity contribution in [3.05, 3.63) is 59.3 Å². The molecule has 0 aliphatic heterocycles. The van der Waals surface area contributed by atoms with Crippen LogP contribution in [0.5, 0.6) is 0 Å². The second-order valence-electron chi connectivity index (χ2n) is 5.60. The monoisotopic (exact) mass is 280 g/mol. The SMILES string of the molecule is Cc1nc(CN(C)Cc2ccc3ncccc3c2)[nH]c1C.